The Labute approximate surface area is 232 Å². The van der Waals surface area contributed by atoms with E-state index in [0.717, 1.165) is 37.0 Å². The maximum absolute atomic E-state index is 13.2. The maximum atomic E-state index is 13.2. The molecule has 1 aliphatic carbocycles. The van der Waals surface area contributed by atoms with Crippen LogP contribution in [-0.2, 0) is 27.9 Å². The SMILES string of the molecule is COCc1ccc(C2(O)CCC(N[C@H]3CCN(C(=O)C4CCN(c5cc(C(F)(F)F)ccn5)CC4)C3)CC2)nc1. The van der Waals surface area contributed by atoms with Crippen LogP contribution in [0, 0.1) is 5.92 Å². The van der Waals surface area contributed by atoms with Gasteiger partial charge < -0.3 is 25.0 Å². The van der Waals surface area contributed by atoms with Crippen LogP contribution in [0.15, 0.2) is 36.7 Å². The average Bonchev–Trinajstić information content (AvgIpc) is 3.43. The molecule has 2 aromatic rings. The smallest absolute Gasteiger partial charge is 0.384 e. The van der Waals surface area contributed by atoms with E-state index >= 15 is 0 Å². The average molecular weight is 562 g/mol. The number of aromatic nitrogens is 2. The minimum Gasteiger partial charge on any atom is -0.384 e. The summed E-state index contributed by atoms with van der Waals surface area (Å²) in [6.07, 6.45) is 3.59. The summed E-state index contributed by atoms with van der Waals surface area (Å²) in [6.45, 7) is 2.89. The van der Waals surface area contributed by atoms with Crippen molar-refractivity contribution in [1.82, 2.24) is 20.2 Å². The Kier molecular flexibility index (Phi) is 8.63. The van der Waals surface area contributed by atoms with Crippen LogP contribution in [0.3, 0.4) is 0 Å². The second-order valence-corrected chi connectivity index (χ2v) is 11.4. The normalized spacial score (nSPS) is 26.3. The van der Waals surface area contributed by atoms with E-state index in [-0.39, 0.29) is 23.9 Å². The van der Waals surface area contributed by atoms with Crippen molar-refractivity contribution in [3.05, 3.63) is 53.5 Å². The van der Waals surface area contributed by atoms with Gasteiger partial charge in [0.1, 0.15) is 11.4 Å². The molecule has 3 fully saturated rings. The molecule has 2 N–H and O–H groups in total. The van der Waals surface area contributed by atoms with Crippen molar-refractivity contribution < 1.29 is 27.8 Å². The van der Waals surface area contributed by atoms with Crippen LogP contribution in [0.25, 0.3) is 0 Å². The Hall–Kier alpha value is -2.76. The number of aliphatic hydroxyl groups is 1. The molecule has 0 radical (unpaired) electrons. The molecule has 0 spiro atoms. The number of halogens is 3. The molecule has 2 saturated heterocycles. The van der Waals surface area contributed by atoms with Crippen LogP contribution < -0.4 is 10.2 Å². The molecular weight excluding hydrogens is 523 g/mol. The van der Waals surface area contributed by atoms with Gasteiger partial charge in [0, 0.05) is 63.7 Å². The maximum Gasteiger partial charge on any atom is 0.416 e. The molecule has 0 unspecified atom stereocenters. The standard InChI is InChI=1S/C29H38F3N5O3/c1-40-19-20-2-3-25(34-17-20)28(39)10-4-23(5-11-28)35-24-9-15-37(18-24)27(38)21-7-13-36(14-8-21)26-16-22(6-12-33-26)29(30,31)32/h2-3,6,12,16-17,21,23-24,35,39H,4-5,7-11,13-15,18-19H2,1H3/t23?,24-,28?/m0/s1. The van der Waals surface area contributed by atoms with Gasteiger partial charge in [0.05, 0.1) is 17.9 Å². The lowest BCUT2D eigenvalue weighted by Gasteiger charge is -2.37. The molecule has 2 aliphatic heterocycles. The quantitative estimate of drug-likeness (QED) is 0.530. The Balaban J connectivity index is 1.06. The number of rotatable bonds is 7. The fraction of sp³-hybridized carbons (Fsp3) is 0.621. The van der Waals surface area contributed by atoms with Gasteiger partial charge in [-0.2, -0.15) is 13.2 Å². The lowest BCUT2D eigenvalue weighted by molar-refractivity contribution is -0.137. The molecule has 1 atom stereocenters. The summed E-state index contributed by atoms with van der Waals surface area (Å²) in [5.41, 5.74) is 0.0595. The summed E-state index contributed by atoms with van der Waals surface area (Å²) in [4.78, 5) is 25.6. The van der Waals surface area contributed by atoms with Gasteiger partial charge in [-0.05, 0) is 68.7 Å². The van der Waals surface area contributed by atoms with Gasteiger partial charge in [0.25, 0.3) is 0 Å². The molecule has 218 valence electrons. The van der Waals surface area contributed by atoms with Crippen molar-refractivity contribution in [3.8, 4) is 0 Å². The highest BCUT2D eigenvalue weighted by atomic mass is 19.4. The highest BCUT2D eigenvalue weighted by Gasteiger charge is 2.38. The molecule has 0 bridgehead atoms. The third-order valence-corrected chi connectivity index (χ3v) is 8.64. The minimum atomic E-state index is -4.40. The first-order valence-electron chi connectivity index (χ1n) is 14.1. The molecule has 0 aromatic carbocycles. The number of ether oxygens (including phenoxy) is 1. The number of anilines is 1. The van der Waals surface area contributed by atoms with E-state index in [4.69, 9.17) is 4.74 Å². The molecule has 5 rings (SSSR count). The highest BCUT2D eigenvalue weighted by molar-refractivity contribution is 5.79. The molecule has 8 nitrogen and oxygen atoms in total. The molecule has 1 amide bonds. The summed E-state index contributed by atoms with van der Waals surface area (Å²) in [5.74, 6) is 0.333. The fourth-order valence-electron chi connectivity index (χ4n) is 6.28. The Bertz CT molecular complexity index is 1150. The largest absolute Gasteiger partial charge is 0.416 e. The number of nitrogens with zero attached hydrogens (tertiary/aromatic N) is 4. The zero-order valence-corrected chi connectivity index (χ0v) is 22.9. The van der Waals surface area contributed by atoms with Crippen LogP contribution in [-0.4, -0.2) is 71.3 Å². The van der Waals surface area contributed by atoms with Gasteiger partial charge in [-0.25, -0.2) is 4.98 Å². The zero-order valence-electron chi connectivity index (χ0n) is 22.9. The topological polar surface area (TPSA) is 90.8 Å². The van der Waals surface area contributed by atoms with Crippen molar-refractivity contribution in [2.24, 2.45) is 5.92 Å². The summed E-state index contributed by atoms with van der Waals surface area (Å²) in [6, 6.07) is 6.41. The van der Waals surface area contributed by atoms with E-state index in [9.17, 15) is 23.1 Å². The van der Waals surface area contributed by atoms with Crippen molar-refractivity contribution in [2.45, 2.75) is 75.4 Å². The number of amides is 1. The third kappa shape index (κ3) is 6.58. The molecule has 11 heteroatoms. The van der Waals surface area contributed by atoms with Gasteiger partial charge in [0.15, 0.2) is 0 Å². The number of carbonyl (C=O) groups excluding carboxylic acids is 1. The predicted molar refractivity (Wildman–Crippen MR) is 143 cm³/mol. The number of likely N-dealkylation sites (tertiary alicyclic amines) is 1. The summed E-state index contributed by atoms with van der Waals surface area (Å²) in [7, 11) is 1.64. The monoisotopic (exact) mass is 561 g/mol. The molecule has 40 heavy (non-hydrogen) atoms. The van der Waals surface area contributed by atoms with Gasteiger partial charge in [-0.15, -0.1) is 0 Å². The van der Waals surface area contributed by atoms with Crippen LogP contribution in [0.1, 0.15) is 61.8 Å². The van der Waals surface area contributed by atoms with Gasteiger partial charge >= 0.3 is 6.18 Å². The van der Waals surface area contributed by atoms with E-state index in [1.54, 1.807) is 13.3 Å². The van der Waals surface area contributed by atoms with E-state index in [0.29, 0.717) is 70.0 Å². The molecule has 4 heterocycles. The number of piperidine rings is 1. The zero-order chi connectivity index (χ0) is 28.3. The molecule has 2 aromatic heterocycles. The van der Waals surface area contributed by atoms with Crippen LogP contribution in [0.5, 0.6) is 0 Å². The van der Waals surface area contributed by atoms with Crippen LogP contribution >= 0.6 is 0 Å². The van der Waals surface area contributed by atoms with E-state index in [1.165, 1.54) is 6.20 Å². The molecule has 3 aliphatic rings. The van der Waals surface area contributed by atoms with Gasteiger partial charge in [-0.1, -0.05) is 6.07 Å². The number of hydrogen-bond acceptors (Lipinski definition) is 7. The lowest BCUT2D eigenvalue weighted by atomic mass is 9.79. The second kappa shape index (κ2) is 12.0. The van der Waals surface area contributed by atoms with E-state index < -0.39 is 17.3 Å². The number of hydrogen-bond donors (Lipinski definition) is 2. The number of carbonyl (C=O) groups is 1. The summed E-state index contributed by atoms with van der Waals surface area (Å²) in [5, 5.41) is 14.9. The van der Waals surface area contributed by atoms with Crippen molar-refractivity contribution >= 4 is 11.7 Å². The van der Waals surface area contributed by atoms with Crippen molar-refractivity contribution in [1.29, 1.82) is 0 Å². The van der Waals surface area contributed by atoms with Gasteiger partial charge in [-0.3, -0.25) is 9.78 Å². The van der Waals surface area contributed by atoms with Crippen LogP contribution in [0.4, 0.5) is 19.0 Å². The first-order valence-corrected chi connectivity index (χ1v) is 14.1. The Morgan fingerprint density at radius 1 is 1.07 bits per heavy atom. The number of alkyl halides is 3. The van der Waals surface area contributed by atoms with E-state index in [1.807, 2.05) is 21.9 Å². The fourth-order valence-corrected chi connectivity index (χ4v) is 6.28. The second-order valence-electron chi connectivity index (χ2n) is 11.4. The van der Waals surface area contributed by atoms with Crippen molar-refractivity contribution in [2.75, 3.05) is 38.2 Å². The first kappa shape index (κ1) is 28.8. The number of methoxy groups -OCH3 is 1. The first-order chi connectivity index (χ1) is 19.1. The lowest BCUT2D eigenvalue weighted by Crippen LogP contribution is -2.46. The minimum absolute atomic E-state index is 0.117. The van der Waals surface area contributed by atoms with Gasteiger partial charge in [0.2, 0.25) is 5.91 Å². The van der Waals surface area contributed by atoms with E-state index in [2.05, 4.69) is 15.3 Å². The Morgan fingerprint density at radius 3 is 2.48 bits per heavy atom. The molecule has 1 saturated carbocycles. The summed E-state index contributed by atoms with van der Waals surface area (Å²) < 4.78 is 44.4. The van der Waals surface area contributed by atoms with Crippen molar-refractivity contribution in [3.63, 3.8) is 0 Å². The highest BCUT2D eigenvalue weighted by Crippen LogP contribution is 2.37. The van der Waals surface area contributed by atoms with Crippen LogP contribution in [0.2, 0.25) is 0 Å². The third-order valence-electron chi connectivity index (χ3n) is 8.64. The predicted octanol–water partition coefficient (Wildman–Crippen LogP) is 3.88. The Morgan fingerprint density at radius 2 is 1.82 bits per heavy atom. The molecular formula is C29H38F3N5O3. The summed E-state index contributed by atoms with van der Waals surface area (Å²) >= 11 is 0. The number of nitrogens with one attached hydrogen (secondary N) is 1. The number of pyridine rings is 2.